The van der Waals surface area contributed by atoms with E-state index in [-0.39, 0.29) is 11.6 Å². The van der Waals surface area contributed by atoms with E-state index in [1.165, 1.54) is 0 Å². The molecular formula is C18H15ClF2N2O2. The average Bonchev–Trinajstić information content (AvgIpc) is 3.37. The Kier molecular flexibility index (Phi) is 4.99. The van der Waals surface area contributed by atoms with Crippen LogP contribution in [-0.2, 0) is 16.1 Å². The van der Waals surface area contributed by atoms with E-state index in [1.807, 2.05) is 0 Å². The van der Waals surface area contributed by atoms with E-state index in [9.17, 15) is 18.4 Å². The highest BCUT2D eigenvalue weighted by atomic mass is 35.5. The molecule has 3 rings (SSSR count). The van der Waals surface area contributed by atoms with E-state index in [1.54, 1.807) is 24.3 Å². The third-order valence-electron chi connectivity index (χ3n) is 4.03. The quantitative estimate of drug-likeness (QED) is 0.853. The smallest absolute Gasteiger partial charge is 0.228 e. The summed E-state index contributed by atoms with van der Waals surface area (Å²) in [6.45, 7) is 0.341. The van der Waals surface area contributed by atoms with Crippen molar-refractivity contribution in [2.24, 2.45) is 11.8 Å². The molecule has 0 saturated heterocycles. The summed E-state index contributed by atoms with van der Waals surface area (Å²) in [6, 6.07) is 9.97. The van der Waals surface area contributed by atoms with Gasteiger partial charge in [-0.3, -0.25) is 9.59 Å². The van der Waals surface area contributed by atoms with Crippen molar-refractivity contribution in [3.63, 3.8) is 0 Å². The number of hydrogen-bond donors (Lipinski definition) is 2. The van der Waals surface area contributed by atoms with Crippen molar-refractivity contribution in [2.45, 2.75) is 13.0 Å². The molecule has 0 radical (unpaired) electrons. The first-order valence-electron chi connectivity index (χ1n) is 7.72. The molecule has 2 N–H and O–H groups in total. The van der Waals surface area contributed by atoms with Crippen LogP contribution in [0.1, 0.15) is 12.0 Å². The lowest BCUT2D eigenvalue weighted by Gasteiger charge is -2.07. The SMILES string of the molecule is O=C(NCc1ccc(Cl)cc1)C1CC1C(=O)Nc1ccc(F)cc1F. The molecule has 4 nitrogen and oxygen atoms in total. The van der Waals surface area contributed by atoms with Gasteiger partial charge in [-0.1, -0.05) is 23.7 Å². The lowest BCUT2D eigenvalue weighted by atomic mass is 10.2. The number of amides is 2. The van der Waals surface area contributed by atoms with Crippen LogP contribution in [0.4, 0.5) is 14.5 Å². The molecule has 25 heavy (non-hydrogen) atoms. The Balaban J connectivity index is 1.50. The predicted octanol–water partition coefficient (Wildman–Crippen LogP) is 3.51. The summed E-state index contributed by atoms with van der Waals surface area (Å²) in [4.78, 5) is 24.2. The Morgan fingerprint density at radius 1 is 1.04 bits per heavy atom. The zero-order valence-electron chi connectivity index (χ0n) is 13.1. The third kappa shape index (κ3) is 4.33. The zero-order valence-corrected chi connectivity index (χ0v) is 13.8. The van der Waals surface area contributed by atoms with Crippen molar-refractivity contribution in [1.82, 2.24) is 5.32 Å². The van der Waals surface area contributed by atoms with Gasteiger partial charge in [-0.2, -0.15) is 0 Å². The molecule has 2 atom stereocenters. The van der Waals surface area contributed by atoms with Gasteiger partial charge in [0.1, 0.15) is 11.6 Å². The number of carbonyl (C=O) groups excluding carboxylic acids is 2. The summed E-state index contributed by atoms with van der Waals surface area (Å²) >= 11 is 5.80. The fourth-order valence-corrected chi connectivity index (χ4v) is 2.64. The summed E-state index contributed by atoms with van der Waals surface area (Å²) in [5.74, 6) is -3.18. The van der Waals surface area contributed by atoms with Gasteiger partial charge < -0.3 is 10.6 Å². The fraction of sp³-hybridized carbons (Fsp3) is 0.222. The molecule has 2 amide bonds. The van der Waals surface area contributed by atoms with Crippen molar-refractivity contribution in [2.75, 3.05) is 5.32 Å². The van der Waals surface area contributed by atoms with E-state index in [4.69, 9.17) is 11.6 Å². The van der Waals surface area contributed by atoms with E-state index in [0.717, 1.165) is 17.7 Å². The van der Waals surface area contributed by atoms with Gasteiger partial charge in [0, 0.05) is 17.6 Å². The first kappa shape index (κ1) is 17.4. The molecule has 2 aromatic carbocycles. The van der Waals surface area contributed by atoms with E-state index in [0.29, 0.717) is 24.1 Å². The maximum Gasteiger partial charge on any atom is 0.228 e. The highest BCUT2D eigenvalue weighted by Crippen LogP contribution is 2.39. The number of nitrogens with one attached hydrogen (secondary N) is 2. The molecule has 1 saturated carbocycles. The normalized spacial score (nSPS) is 18.5. The lowest BCUT2D eigenvalue weighted by molar-refractivity contribution is -0.125. The van der Waals surface area contributed by atoms with Gasteiger partial charge >= 0.3 is 0 Å². The van der Waals surface area contributed by atoms with Crippen molar-refractivity contribution in [3.05, 3.63) is 64.7 Å². The highest BCUT2D eigenvalue weighted by molar-refractivity contribution is 6.30. The highest BCUT2D eigenvalue weighted by Gasteiger charge is 2.48. The minimum Gasteiger partial charge on any atom is -0.352 e. The van der Waals surface area contributed by atoms with Crippen molar-refractivity contribution >= 4 is 29.1 Å². The summed E-state index contributed by atoms with van der Waals surface area (Å²) in [5, 5.41) is 5.76. The number of anilines is 1. The minimum atomic E-state index is -0.849. The summed E-state index contributed by atoms with van der Waals surface area (Å²) in [7, 11) is 0. The minimum absolute atomic E-state index is 0.0985. The summed E-state index contributed by atoms with van der Waals surface area (Å²) < 4.78 is 26.4. The zero-order chi connectivity index (χ0) is 18.0. The van der Waals surface area contributed by atoms with Gasteiger partial charge in [-0.25, -0.2) is 8.78 Å². The molecule has 130 valence electrons. The Morgan fingerprint density at radius 2 is 1.72 bits per heavy atom. The molecule has 1 aliphatic rings. The summed E-state index contributed by atoms with van der Waals surface area (Å²) in [5.41, 5.74) is 0.798. The number of halogens is 3. The monoisotopic (exact) mass is 364 g/mol. The van der Waals surface area contributed by atoms with Gasteiger partial charge in [-0.15, -0.1) is 0 Å². The van der Waals surface area contributed by atoms with Crippen molar-refractivity contribution in [3.8, 4) is 0 Å². The van der Waals surface area contributed by atoms with Crippen LogP contribution in [0.15, 0.2) is 42.5 Å². The molecule has 2 unspecified atom stereocenters. The Labute approximate surface area is 148 Å². The molecule has 0 heterocycles. The summed E-state index contributed by atoms with van der Waals surface area (Å²) in [6.07, 6.45) is 0.404. The van der Waals surface area contributed by atoms with E-state index in [2.05, 4.69) is 10.6 Å². The molecule has 7 heteroatoms. The van der Waals surface area contributed by atoms with E-state index < -0.39 is 29.4 Å². The average molecular weight is 365 g/mol. The van der Waals surface area contributed by atoms with Crippen molar-refractivity contribution < 1.29 is 18.4 Å². The van der Waals surface area contributed by atoms with Crippen LogP contribution in [0.3, 0.4) is 0 Å². The third-order valence-corrected chi connectivity index (χ3v) is 4.28. The second-order valence-electron chi connectivity index (χ2n) is 5.91. The number of benzene rings is 2. The maximum atomic E-state index is 13.5. The lowest BCUT2D eigenvalue weighted by Crippen LogP contribution is -2.27. The van der Waals surface area contributed by atoms with Crippen LogP contribution in [-0.4, -0.2) is 11.8 Å². The second kappa shape index (κ2) is 7.19. The standard InChI is InChI=1S/C18H15ClF2N2O2/c19-11-3-1-10(2-4-11)9-22-17(24)13-8-14(13)18(25)23-16-6-5-12(20)7-15(16)21/h1-7,13-14H,8-9H2,(H,22,24)(H,23,25). The van der Waals surface area contributed by atoms with Gasteiger partial charge in [0.05, 0.1) is 17.5 Å². The van der Waals surface area contributed by atoms with Crippen LogP contribution >= 0.6 is 11.6 Å². The molecule has 0 aliphatic heterocycles. The number of rotatable bonds is 5. The first-order chi connectivity index (χ1) is 11.9. The molecule has 0 bridgehead atoms. The molecule has 1 aliphatic carbocycles. The molecule has 2 aromatic rings. The van der Waals surface area contributed by atoms with Crippen LogP contribution < -0.4 is 10.6 Å². The van der Waals surface area contributed by atoms with Crippen LogP contribution in [0, 0.1) is 23.5 Å². The fourth-order valence-electron chi connectivity index (χ4n) is 2.51. The van der Waals surface area contributed by atoms with Crippen LogP contribution in [0.25, 0.3) is 0 Å². The van der Waals surface area contributed by atoms with Crippen molar-refractivity contribution in [1.29, 1.82) is 0 Å². The number of hydrogen-bond acceptors (Lipinski definition) is 2. The predicted molar refractivity (Wildman–Crippen MR) is 89.9 cm³/mol. The Hall–Kier alpha value is -2.47. The topological polar surface area (TPSA) is 58.2 Å². The first-order valence-corrected chi connectivity index (χ1v) is 8.10. The molecule has 0 spiro atoms. The Morgan fingerprint density at radius 3 is 2.40 bits per heavy atom. The second-order valence-corrected chi connectivity index (χ2v) is 6.34. The van der Waals surface area contributed by atoms with Gasteiger partial charge in [0.25, 0.3) is 0 Å². The largest absolute Gasteiger partial charge is 0.352 e. The van der Waals surface area contributed by atoms with Gasteiger partial charge in [0.15, 0.2) is 0 Å². The molecule has 1 fully saturated rings. The maximum absolute atomic E-state index is 13.5. The Bertz CT molecular complexity index is 811. The molecule has 0 aromatic heterocycles. The van der Waals surface area contributed by atoms with Gasteiger partial charge in [0.2, 0.25) is 11.8 Å². The molecular weight excluding hydrogens is 350 g/mol. The van der Waals surface area contributed by atoms with Gasteiger partial charge in [-0.05, 0) is 36.2 Å². The van der Waals surface area contributed by atoms with Crippen LogP contribution in [0.2, 0.25) is 5.02 Å². The van der Waals surface area contributed by atoms with Crippen LogP contribution in [0.5, 0.6) is 0 Å². The van der Waals surface area contributed by atoms with E-state index >= 15 is 0 Å². The number of carbonyl (C=O) groups is 2.